The summed E-state index contributed by atoms with van der Waals surface area (Å²) >= 11 is 0. The molecule has 2 saturated heterocycles. The van der Waals surface area contributed by atoms with Gasteiger partial charge < -0.3 is 25.4 Å². The Morgan fingerprint density at radius 2 is 1.95 bits per heavy atom. The maximum Gasteiger partial charge on any atom is 0.410 e. The number of amides is 2. The second-order valence-electron chi connectivity index (χ2n) is 12.3. The second-order valence-corrected chi connectivity index (χ2v) is 12.3. The number of ether oxygens (including phenoxy) is 2. The number of anilines is 1. The van der Waals surface area contributed by atoms with Crippen LogP contribution in [0, 0.1) is 0 Å². The van der Waals surface area contributed by atoms with Crippen LogP contribution in [0.5, 0.6) is 0 Å². The lowest BCUT2D eigenvalue weighted by Gasteiger charge is -2.45. The lowest BCUT2D eigenvalue weighted by Crippen LogP contribution is -2.52. The number of carbonyl (C=O) groups is 2. The van der Waals surface area contributed by atoms with Gasteiger partial charge in [0.2, 0.25) is 0 Å². The Kier molecular flexibility index (Phi) is 7.96. The highest BCUT2D eigenvalue weighted by atomic mass is 16.6. The van der Waals surface area contributed by atoms with Crippen LogP contribution in [0.25, 0.3) is 16.6 Å². The number of carbonyl (C=O) groups excluding carboxylic acids is 2. The third kappa shape index (κ3) is 6.20. The van der Waals surface area contributed by atoms with Crippen LogP contribution in [0.4, 0.5) is 10.6 Å². The molecule has 0 aromatic carbocycles. The van der Waals surface area contributed by atoms with Gasteiger partial charge in [0.15, 0.2) is 5.82 Å². The van der Waals surface area contributed by atoms with Gasteiger partial charge in [0, 0.05) is 37.8 Å². The van der Waals surface area contributed by atoms with Gasteiger partial charge in [-0.15, -0.1) is 0 Å². The summed E-state index contributed by atoms with van der Waals surface area (Å²) in [5.74, 6) is -0.0263. The van der Waals surface area contributed by atoms with Crippen molar-refractivity contribution >= 4 is 34.4 Å². The van der Waals surface area contributed by atoms with Gasteiger partial charge in [-0.05, 0) is 71.4 Å². The average Bonchev–Trinajstić information content (AvgIpc) is 2.93. The zero-order valence-corrected chi connectivity index (χ0v) is 24.0. The van der Waals surface area contributed by atoms with Gasteiger partial charge >= 0.3 is 6.09 Å². The van der Waals surface area contributed by atoms with Gasteiger partial charge in [-0.3, -0.25) is 9.69 Å². The Labute approximate surface area is 235 Å². The molecule has 2 atom stereocenters. The number of fused-ring (bicyclic) bond motifs is 1. The summed E-state index contributed by atoms with van der Waals surface area (Å²) in [6.45, 7) is 12.5. The third-order valence-electron chi connectivity index (χ3n) is 8.09. The minimum atomic E-state index is -0.556. The zero-order valence-electron chi connectivity index (χ0n) is 24.0. The quantitative estimate of drug-likeness (QED) is 0.571. The minimum absolute atomic E-state index is 0.0509. The molecule has 2 aromatic heterocycles. The maximum atomic E-state index is 12.7. The molecule has 1 aliphatic carbocycles. The van der Waals surface area contributed by atoms with Gasteiger partial charge in [0.1, 0.15) is 23.0 Å². The normalized spacial score (nSPS) is 24.4. The highest BCUT2D eigenvalue weighted by Gasteiger charge is 2.35. The lowest BCUT2D eigenvalue weighted by atomic mass is 9.81. The number of aromatic nitrogens is 3. The van der Waals surface area contributed by atoms with Crippen LogP contribution in [-0.4, -0.2) is 93.3 Å². The standard InChI is InChI=1S/C29H41N7O4/c1-28(2,3)40-27(38)35-11-5-6-20(17-35)33-26-24-23(31-18-32-26)21(25(30)37)16-22(34-24)19-7-9-29(4,10-8-19)36-12-14-39-15-13-36/h7,16,18,20H,5-6,8-15,17H2,1-4H3,(H2,30,37)(H,31,32,33)/t20-,29?/m0/s1. The fourth-order valence-electron chi connectivity index (χ4n) is 5.85. The summed E-state index contributed by atoms with van der Waals surface area (Å²) in [6.07, 6.45) is 7.76. The molecule has 2 aliphatic heterocycles. The van der Waals surface area contributed by atoms with E-state index >= 15 is 0 Å². The first-order chi connectivity index (χ1) is 19.0. The molecule has 216 valence electrons. The van der Waals surface area contributed by atoms with E-state index in [-0.39, 0.29) is 17.7 Å². The first-order valence-corrected chi connectivity index (χ1v) is 14.2. The summed E-state index contributed by atoms with van der Waals surface area (Å²) in [7, 11) is 0. The fourth-order valence-corrected chi connectivity index (χ4v) is 5.85. The van der Waals surface area contributed by atoms with E-state index in [4.69, 9.17) is 20.2 Å². The molecule has 0 radical (unpaired) electrons. The van der Waals surface area contributed by atoms with Gasteiger partial charge in [-0.1, -0.05) is 6.08 Å². The van der Waals surface area contributed by atoms with E-state index in [1.165, 1.54) is 6.33 Å². The number of primary amides is 1. The van der Waals surface area contributed by atoms with E-state index in [9.17, 15) is 9.59 Å². The molecule has 2 amide bonds. The highest BCUT2D eigenvalue weighted by Crippen LogP contribution is 2.37. The van der Waals surface area contributed by atoms with Crippen molar-refractivity contribution in [2.75, 3.05) is 44.7 Å². The summed E-state index contributed by atoms with van der Waals surface area (Å²) in [4.78, 5) is 43.3. The lowest BCUT2D eigenvalue weighted by molar-refractivity contribution is -0.0190. The van der Waals surface area contributed by atoms with Crippen molar-refractivity contribution in [2.24, 2.45) is 5.73 Å². The number of nitrogens with two attached hydrogens (primary N) is 1. The molecular weight excluding hydrogens is 510 g/mol. The number of hydrogen-bond donors (Lipinski definition) is 2. The van der Waals surface area contributed by atoms with Crippen LogP contribution in [-0.2, 0) is 9.47 Å². The van der Waals surface area contributed by atoms with Crippen LogP contribution in [0.2, 0.25) is 0 Å². The van der Waals surface area contributed by atoms with Crippen molar-refractivity contribution in [3.8, 4) is 0 Å². The molecule has 11 heteroatoms. The van der Waals surface area contributed by atoms with E-state index in [1.807, 2.05) is 20.8 Å². The Balaban J connectivity index is 1.41. The maximum absolute atomic E-state index is 12.7. The fraction of sp³-hybridized carbons (Fsp3) is 0.621. The topological polar surface area (TPSA) is 136 Å². The van der Waals surface area contributed by atoms with E-state index < -0.39 is 11.5 Å². The van der Waals surface area contributed by atoms with Gasteiger partial charge in [-0.25, -0.2) is 19.7 Å². The first-order valence-electron chi connectivity index (χ1n) is 14.2. The molecule has 5 rings (SSSR count). The molecule has 0 bridgehead atoms. The molecule has 11 nitrogen and oxygen atoms in total. The Morgan fingerprint density at radius 1 is 1.18 bits per heavy atom. The summed E-state index contributed by atoms with van der Waals surface area (Å²) in [6, 6.07) is 1.71. The zero-order chi connectivity index (χ0) is 28.5. The largest absolute Gasteiger partial charge is 0.444 e. The van der Waals surface area contributed by atoms with E-state index in [2.05, 4.69) is 33.2 Å². The predicted octanol–water partition coefficient (Wildman–Crippen LogP) is 3.59. The first kappa shape index (κ1) is 28.2. The molecule has 0 saturated carbocycles. The minimum Gasteiger partial charge on any atom is -0.444 e. The second kappa shape index (κ2) is 11.3. The Morgan fingerprint density at radius 3 is 2.62 bits per heavy atom. The van der Waals surface area contributed by atoms with E-state index in [0.717, 1.165) is 69.7 Å². The van der Waals surface area contributed by atoms with Crippen LogP contribution in [0.3, 0.4) is 0 Å². The van der Waals surface area contributed by atoms with Crippen molar-refractivity contribution in [3.05, 3.63) is 29.7 Å². The highest BCUT2D eigenvalue weighted by molar-refractivity contribution is 6.06. The number of piperidine rings is 1. The van der Waals surface area contributed by atoms with Crippen molar-refractivity contribution in [2.45, 2.75) is 77.0 Å². The van der Waals surface area contributed by atoms with Gasteiger partial charge in [0.25, 0.3) is 5.91 Å². The number of hydrogen-bond acceptors (Lipinski definition) is 9. The molecule has 1 unspecified atom stereocenters. The van der Waals surface area contributed by atoms with E-state index in [1.54, 1.807) is 11.0 Å². The number of pyridine rings is 1. The van der Waals surface area contributed by atoms with Crippen molar-refractivity contribution in [3.63, 3.8) is 0 Å². The van der Waals surface area contributed by atoms with Gasteiger partial charge in [-0.2, -0.15) is 0 Å². The van der Waals surface area contributed by atoms with Crippen molar-refractivity contribution < 1.29 is 19.1 Å². The molecule has 3 aliphatic rings. The molecule has 2 aromatic rings. The number of likely N-dealkylation sites (tertiary alicyclic amines) is 1. The van der Waals surface area contributed by atoms with Crippen LogP contribution < -0.4 is 11.1 Å². The summed E-state index contributed by atoms with van der Waals surface area (Å²) in [5, 5.41) is 3.47. The third-order valence-corrected chi connectivity index (χ3v) is 8.09. The molecule has 3 N–H and O–H groups in total. The smallest absolute Gasteiger partial charge is 0.410 e. The molecule has 4 heterocycles. The van der Waals surface area contributed by atoms with Crippen molar-refractivity contribution in [1.82, 2.24) is 24.8 Å². The Bertz CT molecular complexity index is 1300. The molecule has 2 fully saturated rings. The van der Waals surface area contributed by atoms with Crippen molar-refractivity contribution in [1.29, 1.82) is 0 Å². The van der Waals surface area contributed by atoms with Crippen LogP contribution in [0.1, 0.15) is 75.9 Å². The predicted molar refractivity (Wildman–Crippen MR) is 153 cm³/mol. The van der Waals surface area contributed by atoms with Gasteiger partial charge in [0.05, 0.1) is 24.5 Å². The number of nitrogens with zero attached hydrogens (tertiary/aromatic N) is 5. The number of allylic oxidation sites excluding steroid dienone is 1. The molecule has 40 heavy (non-hydrogen) atoms. The molecule has 0 spiro atoms. The SMILES string of the molecule is CC(C)(C)OC(=O)N1CCC[C@H](Nc2ncnc3c(C(N)=O)cc(C4=CCC(C)(N5CCOCC5)CC4)nc23)C1. The average molecular weight is 552 g/mol. The number of nitrogens with one attached hydrogen (secondary N) is 1. The Hall–Kier alpha value is -3.31. The molecular formula is C29H41N7O4. The van der Waals surface area contributed by atoms with Crippen LogP contribution >= 0.6 is 0 Å². The summed E-state index contributed by atoms with van der Waals surface area (Å²) in [5.41, 5.74) is 8.40. The number of morpholine rings is 1. The number of rotatable bonds is 5. The van der Waals surface area contributed by atoms with E-state index in [0.29, 0.717) is 35.5 Å². The van der Waals surface area contributed by atoms with Crippen LogP contribution in [0.15, 0.2) is 18.5 Å². The summed E-state index contributed by atoms with van der Waals surface area (Å²) < 4.78 is 11.1. The monoisotopic (exact) mass is 551 g/mol.